The van der Waals surface area contributed by atoms with Crippen LogP contribution >= 0.6 is 0 Å². The first-order chi connectivity index (χ1) is 10.9. The third kappa shape index (κ3) is 4.32. The van der Waals surface area contributed by atoms with Crippen LogP contribution in [0.15, 0.2) is 24.3 Å². The summed E-state index contributed by atoms with van der Waals surface area (Å²) in [5.74, 6) is 0.0469. The normalized spacial score (nSPS) is 16.6. The lowest BCUT2D eigenvalue weighted by molar-refractivity contribution is -0.119. The highest BCUT2D eigenvalue weighted by molar-refractivity contribution is 5.97. The molecule has 0 aromatic heterocycles. The summed E-state index contributed by atoms with van der Waals surface area (Å²) >= 11 is 0. The number of aliphatic hydroxyl groups is 1. The van der Waals surface area contributed by atoms with Crippen molar-refractivity contribution in [3.63, 3.8) is 0 Å². The van der Waals surface area contributed by atoms with Crippen LogP contribution in [0.2, 0.25) is 0 Å². The van der Waals surface area contributed by atoms with E-state index in [1.807, 2.05) is 26.0 Å². The molecule has 0 bridgehead atoms. The van der Waals surface area contributed by atoms with Gasteiger partial charge < -0.3 is 14.9 Å². The molecule has 0 aliphatic carbocycles. The minimum Gasteiger partial charge on any atom is -0.392 e. The number of rotatable bonds is 5. The number of anilines is 1. The smallest absolute Gasteiger partial charge is 0.254 e. The fourth-order valence-electron chi connectivity index (χ4n) is 2.84. The zero-order valence-corrected chi connectivity index (χ0v) is 14.2. The molecule has 1 aliphatic heterocycles. The maximum atomic E-state index is 12.6. The van der Waals surface area contributed by atoms with Crippen LogP contribution in [0.5, 0.6) is 0 Å². The number of benzene rings is 1. The summed E-state index contributed by atoms with van der Waals surface area (Å²) in [7, 11) is 0. The Morgan fingerprint density at radius 1 is 1.22 bits per heavy atom. The highest BCUT2D eigenvalue weighted by Crippen LogP contribution is 2.22. The summed E-state index contributed by atoms with van der Waals surface area (Å²) < 4.78 is 0. The molecule has 23 heavy (non-hydrogen) atoms. The molecule has 1 aromatic rings. The summed E-state index contributed by atoms with van der Waals surface area (Å²) in [5, 5.41) is 9.57. The van der Waals surface area contributed by atoms with Gasteiger partial charge in [-0.15, -0.1) is 0 Å². The van der Waals surface area contributed by atoms with Gasteiger partial charge in [0, 0.05) is 36.8 Å². The predicted molar refractivity (Wildman–Crippen MR) is 90.5 cm³/mol. The van der Waals surface area contributed by atoms with E-state index in [1.165, 1.54) is 0 Å². The van der Waals surface area contributed by atoms with Crippen LogP contribution in [0.3, 0.4) is 0 Å². The Kier molecular flexibility index (Phi) is 5.77. The molecule has 1 saturated heterocycles. The SMILES string of the molecule is CC(O)CN(C(=O)c1ccc(N2CCCCC2=O)cc1)C(C)C. The van der Waals surface area contributed by atoms with Gasteiger partial charge in [0.05, 0.1) is 6.10 Å². The molecule has 5 nitrogen and oxygen atoms in total. The standard InChI is InChI=1S/C18H26N2O3/c1-13(2)20(12-14(3)21)18(23)15-7-9-16(10-8-15)19-11-5-4-6-17(19)22/h7-10,13-14,21H,4-6,11-12H2,1-3H3. The molecule has 2 amide bonds. The summed E-state index contributed by atoms with van der Waals surface area (Å²) in [6.45, 7) is 6.59. The van der Waals surface area contributed by atoms with Crippen molar-refractivity contribution < 1.29 is 14.7 Å². The minimum absolute atomic E-state index is 0.0143. The molecule has 1 heterocycles. The first-order valence-corrected chi connectivity index (χ1v) is 8.29. The Labute approximate surface area is 137 Å². The van der Waals surface area contributed by atoms with Crippen LogP contribution < -0.4 is 4.90 Å². The topological polar surface area (TPSA) is 60.9 Å². The van der Waals surface area contributed by atoms with E-state index in [0.717, 1.165) is 25.1 Å². The third-order valence-electron chi connectivity index (χ3n) is 4.09. The number of hydrogen-bond donors (Lipinski definition) is 1. The van der Waals surface area contributed by atoms with Gasteiger partial charge in [0.2, 0.25) is 5.91 Å². The minimum atomic E-state index is -0.563. The zero-order chi connectivity index (χ0) is 17.0. The Bertz CT molecular complexity index is 552. The van der Waals surface area contributed by atoms with Crippen molar-refractivity contribution in [1.82, 2.24) is 4.90 Å². The number of piperidine rings is 1. The van der Waals surface area contributed by atoms with Crippen molar-refractivity contribution in [2.24, 2.45) is 0 Å². The van der Waals surface area contributed by atoms with Crippen LogP contribution in [0.25, 0.3) is 0 Å². The zero-order valence-electron chi connectivity index (χ0n) is 14.2. The van der Waals surface area contributed by atoms with Crippen LogP contribution in [0, 0.1) is 0 Å². The van der Waals surface area contributed by atoms with Gasteiger partial charge in [0.25, 0.3) is 5.91 Å². The van der Waals surface area contributed by atoms with Crippen molar-refractivity contribution in [1.29, 1.82) is 0 Å². The molecule has 1 N–H and O–H groups in total. The molecule has 0 radical (unpaired) electrons. The Morgan fingerprint density at radius 2 is 1.87 bits per heavy atom. The summed E-state index contributed by atoms with van der Waals surface area (Å²) in [6, 6.07) is 7.20. The predicted octanol–water partition coefficient (Wildman–Crippen LogP) is 2.43. The average molecular weight is 318 g/mol. The van der Waals surface area contributed by atoms with E-state index in [0.29, 0.717) is 18.5 Å². The first-order valence-electron chi connectivity index (χ1n) is 8.29. The van der Waals surface area contributed by atoms with Crippen molar-refractivity contribution in [3.8, 4) is 0 Å². The molecule has 1 fully saturated rings. The van der Waals surface area contributed by atoms with Gasteiger partial charge in [0.15, 0.2) is 0 Å². The molecule has 1 aliphatic rings. The van der Waals surface area contributed by atoms with Gasteiger partial charge in [-0.05, 0) is 57.9 Å². The molecule has 1 unspecified atom stereocenters. The van der Waals surface area contributed by atoms with Crippen LogP contribution in [0.4, 0.5) is 5.69 Å². The van der Waals surface area contributed by atoms with E-state index < -0.39 is 6.10 Å². The van der Waals surface area contributed by atoms with Crippen LogP contribution in [-0.2, 0) is 4.79 Å². The Balaban J connectivity index is 2.14. The second-order valence-corrected chi connectivity index (χ2v) is 6.45. The number of nitrogens with zero attached hydrogens (tertiary/aromatic N) is 2. The molecule has 5 heteroatoms. The summed E-state index contributed by atoms with van der Waals surface area (Å²) in [6.07, 6.45) is 2.00. The molecule has 0 saturated carbocycles. The highest BCUT2D eigenvalue weighted by atomic mass is 16.3. The van der Waals surface area contributed by atoms with E-state index in [2.05, 4.69) is 0 Å². The lowest BCUT2D eigenvalue weighted by Gasteiger charge is -2.29. The number of amides is 2. The Hall–Kier alpha value is -1.88. The van der Waals surface area contributed by atoms with Gasteiger partial charge >= 0.3 is 0 Å². The maximum Gasteiger partial charge on any atom is 0.254 e. The highest BCUT2D eigenvalue weighted by Gasteiger charge is 2.22. The molecule has 0 spiro atoms. The monoisotopic (exact) mass is 318 g/mol. The van der Waals surface area contributed by atoms with Gasteiger partial charge in [-0.1, -0.05) is 0 Å². The molecule has 1 aromatic carbocycles. The van der Waals surface area contributed by atoms with Crippen molar-refractivity contribution in [2.45, 2.75) is 52.2 Å². The number of aliphatic hydroxyl groups excluding tert-OH is 1. The number of carbonyl (C=O) groups is 2. The van der Waals surface area contributed by atoms with Gasteiger partial charge in [-0.2, -0.15) is 0 Å². The maximum absolute atomic E-state index is 12.6. The van der Waals surface area contributed by atoms with Gasteiger partial charge in [-0.3, -0.25) is 9.59 Å². The quantitative estimate of drug-likeness (QED) is 0.907. The van der Waals surface area contributed by atoms with E-state index >= 15 is 0 Å². The van der Waals surface area contributed by atoms with Gasteiger partial charge in [-0.25, -0.2) is 0 Å². The van der Waals surface area contributed by atoms with Crippen molar-refractivity contribution in [3.05, 3.63) is 29.8 Å². The van der Waals surface area contributed by atoms with Crippen LogP contribution in [-0.4, -0.2) is 47.1 Å². The lowest BCUT2D eigenvalue weighted by Crippen LogP contribution is -2.41. The number of hydrogen-bond acceptors (Lipinski definition) is 3. The van der Waals surface area contributed by atoms with E-state index in [4.69, 9.17) is 0 Å². The molecular formula is C18H26N2O3. The Morgan fingerprint density at radius 3 is 2.39 bits per heavy atom. The lowest BCUT2D eigenvalue weighted by atomic mass is 10.1. The van der Waals surface area contributed by atoms with E-state index in [9.17, 15) is 14.7 Å². The molecule has 1 atom stereocenters. The molecule has 2 rings (SSSR count). The molecule has 126 valence electrons. The molecular weight excluding hydrogens is 292 g/mol. The van der Waals surface area contributed by atoms with E-state index in [1.54, 1.807) is 28.9 Å². The van der Waals surface area contributed by atoms with Crippen LogP contribution in [0.1, 0.15) is 50.4 Å². The third-order valence-corrected chi connectivity index (χ3v) is 4.09. The fourth-order valence-corrected chi connectivity index (χ4v) is 2.84. The average Bonchev–Trinajstić information content (AvgIpc) is 2.52. The fraction of sp³-hybridized carbons (Fsp3) is 0.556. The van der Waals surface area contributed by atoms with E-state index in [-0.39, 0.29) is 17.9 Å². The largest absolute Gasteiger partial charge is 0.392 e. The summed E-state index contributed by atoms with van der Waals surface area (Å²) in [4.78, 5) is 28.0. The number of carbonyl (C=O) groups excluding carboxylic acids is 2. The van der Waals surface area contributed by atoms with Crippen molar-refractivity contribution in [2.75, 3.05) is 18.0 Å². The van der Waals surface area contributed by atoms with Crippen molar-refractivity contribution >= 4 is 17.5 Å². The first kappa shape index (κ1) is 17.5. The van der Waals surface area contributed by atoms with Gasteiger partial charge in [0.1, 0.15) is 0 Å². The second-order valence-electron chi connectivity index (χ2n) is 6.45. The summed E-state index contributed by atoms with van der Waals surface area (Å²) in [5.41, 5.74) is 1.42. The second kappa shape index (κ2) is 7.59.